The number of sulfone groups is 1. The first-order valence-electron chi connectivity index (χ1n) is 6.11. The molecule has 19 heavy (non-hydrogen) atoms. The van der Waals surface area contributed by atoms with E-state index in [1.54, 1.807) is 45.0 Å². The summed E-state index contributed by atoms with van der Waals surface area (Å²) in [5.41, 5.74) is 0.528. The summed E-state index contributed by atoms with van der Waals surface area (Å²) in [7, 11) is -3.10. The Morgan fingerprint density at radius 2 is 2.00 bits per heavy atom. The van der Waals surface area contributed by atoms with Crippen molar-refractivity contribution in [1.82, 2.24) is 0 Å². The number of benzene rings is 1. The number of hydrogen-bond donors (Lipinski definition) is 0. The number of rotatable bonds is 5. The van der Waals surface area contributed by atoms with Crippen LogP contribution in [0.3, 0.4) is 0 Å². The van der Waals surface area contributed by atoms with Gasteiger partial charge in [0.2, 0.25) is 0 Å². The molecule has 0 saturated carbocycles. The Morgan fingerprint density at radius 3 is 2.58 bits per heavy atom. The highest BCUT2D eigenvalue weighted by molar-refractivity contribution is 7.92. The van der Waals surface area contributed by atoms with Crippen LogP contribution in [0.15, 0.2) is 24.3 Å². The monoisotopic (exact) mass is 281 g/mol. The van der Waals surface area contributed by atoms with Crippen LogP contribution in [-0.4, -0.2) is 25.5 Å². The van der Waals surface area contributed by atoms with E-state index >= 15 is 0 Å². The van der Waals surface area contributed by atoms with Gasteiger partial charge in [-0.3, -0.25) is 0 Å². The fourth-order valence-electron chi connectivity index (χ4n) is 1.40. The highest BCUT2D eigenvalue weighted by Gasteiger charge is 2.28. The Morgan fingerprint density at radius 1 is 1.32 bits per heavy atom. The van der Waals surface area contributed by atoms with E-state index in [1.165, 1.54) is 0 Å². The molecule has 0 aliphatic rings. The van der Waals surface area contributed by atoms with Crippen LogP contribution in [0, 0.1) is 11.3 Å². The Bertz CT molecular complexity index is 565. The Balaban J connectivity index is 2.46. The minimum Gasteiger partial charge on any atom is -0.494 e. The third kappa shape index (κ3) is 4.56. The van der Waals surface area contributed by atoms with Crippen molar-refractivity contribution >= 4 is 9.84 Å². The fourth-order valence-corrected chi connectivity index (χ4v) is 2.51. The SMILES string of the molecule is CC(C)(C)S(=O)(=O)CCCOc1cccc(C#N)c1. The molecule has 0 amide bonds. The van der Waals surface area contributed by atoms with Gasteiger partial charge >= 0.3 is 0 Å². The van der Waals surface area contributed by atoms with Gasteiger partial charge in [-0.1, -0.05) is 6.07 Å². The van der Waals surface area contributed by atoms with Crippen molar-refractivity contribution < 1.29 is 13.2 Å². The van der Waals surface area contributed by atoms with E-state index < -0.39 is 14.6 Å². The van der Waals surface area contributed by atoms with E-state index in [2.05, 4.69) is 0 Å². The first kappa shape index (κ1) is 15.5. The van der Waals surface area contributed by atoms with Gasteiger partial charge in [-0.25, -0.2) is 8.42 Å². The molecule has 0 atom stereocenters. The minimum atomic E-state index is -3.10. The summed E-state index contributed by atoms with van der Waals surface area (Å²) in [5.74, 6) is 0.696. The predicted octanol–water partition coefficient (Wildman–Crippen LogP) is 2.54. The molecule has 0 N–H and O–H groups in total. The molecule has 0 spiro atoms. The Labute approximate surface area is 114 Å². The van der Waals surface area contributed by atoms with Gasteiger partial charge in [-0.2, -0.15) is 5.26 Å². The lowest BCUT2D eigenvalue weighted by molar-refractivity contribution is 0.317. The smallest absolute Gasteiger partial charge is 0.155 e. The van der Waals surface area contributed by atoms with Crippen LogP contribution >= 0.6 is 0 Å². The van der Waals surface area contributed by atoms with Crippen molar-refractivity contribution in [2.75, 3.05) is 12.4 Å². The number of ether oxygens (including phenoxy) is 1. The maximum absolute atomic E-state index is 11.9. The Hall–Kier alpha value is -1.54. The zero-order valence-corrected chi connectivity index (χ0v) is 12.3. The molecule has 0 aliphatic heterocycles. The molecular weight excluding hydrogens is 262 g/mol. The summed E-state index contributed by atoms with van der Waals surface area (Å²) in [6, 6.07) is 8.84. The molecular formula is C14H19NO3S. The molecule has 0 heterocycles. The largest absolute Gasteiger partial charge is 0.494 e. The van der Waals surface area contributed by atoms with Crippen LogP contribution in [-0.2, 0) is 9.84 Å². The first-order valence-corrected chi connectivity index (χ1v) is 7.77. The summed E-state index contributed by atoms with van der Waals surface area (Å²) >= 11 is 0. The van der Waals surface area contributed by atoms with Crippen molar-refractivity contribution in [3.63, 3.8) is 0 Å². The van der Waals surface area contributed by atoms with Gasteiger partial charge < -0.3 is 4.74 Å². The van der Waals surface area contributed by atoms with E-state index in [9.17, 15) is 8.42 Å². The third-order valence-corrected chi connectivity index (χ3v) is 5.41. The standard InChI is InChI=1S/C14H19NO3S/c1-14(2,3)19(16,17)9-5-8-18-13-7-4-6-12(10-13)11-15/h4,6-7,10H,5,8-9H2,1-3H3. The van der Waals surface area contributed by atoms with E-state index in [1.807, 2.05) is 6.07 Å². The molecule has 1 aromatic carbocycles. The molecule has 0 unspecified atom stereocenters. The van der Waals surface area contributed by atoms with Gasteiger partial charge in [0.05, 0.1) is 28.7 Å². The third-order valence-electron chi connectivity index (χ3n) is 2.72. The lowest BCUT2D eigenvalue weighted by Crippen LogP contribution is -2.30. The molecule has 0 bridgehead atoms. The van der Waals surface area contributed by atoms with Crippen molar-refractivity contribution in [3.8, 4) is 11.8 Å². The van der Waals surface area contributed by atoms with Gasteiger partial charge in [-0.15, -0.1) is 0 Å². The van der Waals surface area contributed by atoms with Crippen molar-refractivity contribution in [2.24, 2.45) is 0 Å². The molecule has 0 radical (unpaired) electrons. The summed E-state index contributed by atoms with van der Waals surface area (Å²) < 4.78 is 28.4. The highest BCUT2D eigenvalue weighted by atomic mass is 32.2. The normalized spacial score (nSPS) is 11.9. The average molecular weight is 281 g/mol. The zero-order valence-electron chi connectivity index (χ0n) is 11.5. The van der Waals surface area contributed by atoms with Crippen molar-refractivity contribution in [1.29, 1.82) is 5.26 Å². The van der Waals surface area contributed by atoms with E-state index in [0.717, 1.165) is 0 Å². The summed E-state index contributed by atoms with van der Waals surface area (Å²) in [4.78, 5) is 0. The molecule has 1 aromatic rings. The second-order valence-corrected chi connectivity index (χ2v) is 8.14. The molecule has 0 fully saturated rings. The first-order chi connectivity index (χ1) is 8.76. The number of hydrogen-bond acceptors (Lipinski definition) is 4. The fraction of sp³-hybridized carbons (Fsp3) is 0.500. The molecule has 0 saturated heterocycles. The van der Waals surface area contributed by atoms with Gasteiger partial charge in [0.25, 0.3) is 0 Å². The zero-order chi connectivity index (χ0) is 14.5. The highest BCUT2D eigenvalue weighted by Crippen LogP contribution is 2.17. The van der Waals surface area contributed by atoms with Crippen molar-refractivity contribution in [3.05, 3.63) is 29.8 Å². The van der Waals surface area contributed by atoms with Crippen LogP contribution in [0.2, 0.25) is 0 Å². The topological polar surface area (TPSA) is 67.2 Å². The van der Waals surface area contributed by atoms with E-state index in [0.29, 0.717) is 24.3 Å². The molecule has 104 valence electrons. The lowest BCUT2D eigenvalue weighted by atomic mass is 10.2. The number of nitriles is 1. The summed E-state index contributed by atoms with van der Waals surface area (Å²) in [6.07, 6.45) is 0.441. The van der Waals surface area contributed by atoms with E-state index in [-0.39, 0.29) is 5.75 Å². The van der Waals surface area contributed by atoms with Crippen LogP contribution < -0.4 is 4.74 Å². The van der Waals surface area contributed by atoms with Crippen LogP contribution in [0.1, 0.15) is 32.8 Å². The molecule has 5 heteroatoms. The predicted molar refractivity (Wildman–Crippen MR) is 74.8 cm³/mol. The average Bonchev–Trinajstić information content (AvgIpc) is 2.33. The quantitative estimate of drug-likeness (QED) is 0.778. The summed E-state index contributed by atoms with van der Waals surface area (Å²) in [6.45, 7) is 5.41. The second-order valence-electron chi connectivity index (χ2n) is 5.27. The maximum Gasteiger partial charge on any atom is 0.155 e. The lowest BCUT2D eigenvalue weighted by Gasteiger charge is -2.19. The summed E-state index contributed by atoms with van der Waals surface area (Å²) in [5, 5.41) is 8.74. The van der Waals surface area contributed by atoms with Gasteiger partial charge in [0.15, 0.2) is 9.84 Å². The van der Waals surface area contributed by atoms with Crippen LogP contribution in [0.4, 0.5) is 0 Å². The van der Waals surface area contributed by atoms with Gasteiger partial charge in [0, 0.05) is 0 Å². The van der Waals surface area contributed by atoms with Gasteiger partial charge in [-0.05, 0) is 45.4 Å². The molecule has 1 rings (SSSR count). The maximum atomic E-state index is 11.9. The molecule has 0 aliphatic carbocycles. The molecule has 0 aromatic heterocycles. The van der Waals surface area contributed by atoms with Crippen molar-refractivity contribution in [2.45, 2.75) is 31.9 Å². The van der Waals surface area contributed by atoms with Crippen LogP contribution in [0.5, 0.6) is 5.75 Å². The second kappa shape index (κ2) is 6.07. The molecule has 4 nitrogen and oxygen atoms in total. The minimum absolute atomic E-state index is 0.106. The van der Waals surface area contributed by atoms with Gasteiger partial charge in [0.1, 0.15) is 5.75 Å². The van der Waals surface area contributed by atoms with E-state index in [4.69, 9.17) is 10.00 Å². The number of nitrogens with zero attached hydrogens (tertiary/aromatic N) is 1. The van der Waals surface area contributed by atoms with Crippen LogP contribution in [0.25, 0.3) is 0 Å². The Kier molecular flexibility index (Phi) is 4.96.